The van der Waals surface area contributed by atoms with E-state index in [0.29, 0.717) is 28.3 Å². The van der Waals surface area contributed by atoms with Gasteiger partial charge < -0.3 is 19.9 Å². The molecule has 5 rings (SSSR count). The average molecular weight is 609 g/mol. The molecule has 1 heterocycles. The van der Waals surface area contributed by atoms with Crippen LogP contribution in [0.2, 0.25) is 0 Å². The summed E-state index contributed by atoms with van der Waals surface area (Å²) in [6.45, 7) is 0.112. The average Bonchev–Trinajstić information content (AvgIpc) is 3.39. The summed E-state index contributed by atoms with van der Waals surface area (Å²) in [5.74, 6) is -2.20. The third kappa shape index (κ3) is 6.14. The van der Waals surface area contributed by atoms with E-state index in [2.05, 4.69) is 5.32 Å². The molecule has 43 heavy (non-hydrogen) atoms. The number of ether oxygens (including phenoxy) is 2. The largest absolute Gasteiger partial charge is 0.497 e. The number of aromatic carboxylic acids is 1. The topological polar surface area (TPSA) is 122 Å². The molecule has 12 heteroatoms. The van der Waals surface area contributed by atoms with E-state index in [1.165, 1.54) is 61.7 Å². The molecule has 0 saturated carbocycles. The van der Waals surface area contributed by atoms with Crippen LogP contribution in [0.25, 0.3) is 11.1 Å². The van der Waals surface area contributed by atoms with Crippen molar-refractivity contribution in [3.05, 3.63) is 108 Å². The van der Waals surface area contributed by atoms with Crippen LogP contribution in [-0.2, 0) is 21.2 Å². The molecular formula is C31H26F2N2O7S. The normalized spacial score (nSPS) is 14.2. The number of rotatable bonds is 10. The number of carbonyl (C=O) groups excluding carboxylic acids is 1. The van der Waals surface area contributed by atoms with Gasteiger partial charge in [-0.25, -0.2) is 22.0 Å². The van der Waals surface area contributed by atoms with Crippen LogP contribution in [0.4, 0.5) is 14.5 Å². The van der Waals surface area contributed by atoms with Gasteiger partial charge in [0.2, 0.25) is 5.91 Å². The number of methoxy groups -OCH3 is 1. The van der Waals surface area contributed by atoms with Gasteiger partial charge in [0.15, 0.2) is 0 Å². The summed E-state index contributed by atoms with van der Waals surface area (Å²) in [6, 6.07) is 18.1. The quantitative estimate of drug-likeness (QED) is 0.251. The maximum absolute atomic E-state index is 14.3. The van der Waals surface area contributed by atoms with Crippen LogP contribution >= 0.6 is 0 Å². The van der Waals surface area contributed by atoms with Crippen LogP contribution in [0.3, 0.4) is 0 Å². The molecule has 0 bridgehead atoms. The Hall–Kier alpha value is -4.97. The SMILES string of the molecule is COc1ccc2c(c1)CC(C(=O)NCCOc1ccc(C(=O)O)cc1)N2S(=O)(=O)c1ccc(-c2ccc(F)cc2F)cc1. The monoisotopic (exact) mass is 608 g/mol. The number of carboxylic acid groups (broad SMARTS) is 1. The first-order valence-corrected chi connectivity index (χ1v) is 14.5. The molecule has 1 unspecified atom stereocenters. The molecular weight excluding hydrogens is 582 g/mol. The van der Waals surface area contributed by atoms with E-state index in [1.807, 2.05) is 0 Å². The summed E-state index contributed by atoms with van der Waals surface area (Å²) < 4.78 is 67.4. The Kier molecular flexibility index (Phi) is 8.31. The van der Waals surface area contributed by atoms with Crippen LogP contribution in [0.5, 0.6) is 11.5 Å². The molecule has 0 aliphatic carbocycles. The lowest BCUT2D eigenvalue weighted by Gasteiger charge is -2.26. The van der Waals surface area contributed by atoms with Crippen LogP contribution in [0.15, 0.2) is 89.8 Å². The molecule has 1 atom stereocenters. The molecule has 1 aliphatic heterocycles. The van der Waals surface area contributed by atoms with Crippen molar-refractivity contribution in [1.82, 2.24) is 5.32 Å². The zero-order valence-corrected chi connectivity index (χ0v) is 23.6. The van der Waals surface area contributed by atoms with Gasteiger partial charge in [-0.1, -0.05) is 12.1 Å². The summed E-state index contributed by atoms with van der Waals surface area (Å²) in [5.41, 5.74) is 1.50. The van der Waals surface area contributed by atoms with Crippen molar-refractivity contribution in [1.29, 1.82) is 0 Å². The Labute approximate surface area is 246 Å². The number of carboxylic acids is 1. The number of fused-ring (bicyclic) bond motifs is 1. The number of nitrogens with one attached hydrogen (secondary N) is 1. The van der Waals surface area contributed by atoms with Crippen molar-refractivity contribution < 1.29 is 41.4 Å². The van der Waals surface area contributed by atoms with E-state index in [1.54, 1.807) is 18.2 Å². The van der Waals surface area contributed by atoms with Gasteiger partial charge in [-0.05, 0) is 77.9 Å². The number of hydrogen-bond acceptors (Lipinski definition) is 6. The molecule has 0 radical (unpaired) electrons. The lowest BCUT2D eigenvalue weighted by Crippen LogP contribution is -2.48. The summed E-state index contributed by atoms with van der Waals surface area (Å²) in [5, 5.41) is 11.7. The Bertz CT molecular complexity index is 1780. The Morgan fingerprint density at radius 1 is 0.953 bits per heavy atom. The highest BCUT2D eigenvalue weighted by Gasteiger charge is 2.42. The lowest BCUT2D eigenvalue weighted by molar-refractivity contribution is -0.122. The van der Waals surface area contributed by atoms with E-state index in [9.17, 15) is 26.8 Å². The Morgan fingerprint density at radius 2 is 1.65 bits per heavy atom. The summed E-state index contributed by atoms with van der Waals surface area (Å²) in [7, 11) is -2.79. The minimum Gasteiger partial charge on any atom is -0.497 e. The Morgan fingerprint density at radius 3 is 2.30 bits per heavy atom. The second-order valence-corrected chi connectivity index (χ2v) is 11.4. The van der Waals surface area contributed by atoms with Gasteiger partial charge in [0, 0.05) is 18.1 Å². The van der Waals surface area contributed by atoms with E-state index in [0.717, 1.165) is 16.4 Å². The summed E-state index contributed by atoms with van der Waals surface area (Å²) >= 11 is 0. The number of sulfonamides is 1. The number of anilines is 1. The second kappa shape index (κ2) is 12.1. The van der Waals surface area contributed by atoms with E-state index in [4.69, 9.17) is 14.6 Å². The lowest BCUT2D eigenvalue weighted by atomic mass is 10.1. The fourth-order valence-corrected chi connectivity index (χ4v) is 6.47. The Balaban J connectivity index is 1.35. The molecule has 0 aromatic heterocycles. The van der Waals surface area contributed by atoms with Crippen molar-refractivity contribution in [2.24, 2.45) is 0 Å². The smallest absolute Gasteiger partial charge is 0.335 e. The number of halogens is 2. The predicted molar refractivity (Wildman–Crippen MR) is 154 cm³/mol. The van der Waals surface area contributed by atoms with Crippen LogP contribution in [0, 0.1) is 11.6 Å². The zero-order valence-electron chi connectivity index (χ0n) is 22.8. The number of carbonyl (C=O) groups is 2. The van der Waals surface area contributed by atoms with Crippen LogP contribution in [0.1, 0.15) is 15.9 Å². The molecule has 1 aliphatic rings. The predicted octanol–water partition coefficient (Wildman–Crippen LogP) is 4.65. The van der Waals surface area contributed by atoms with Gasteiger partial charge >= 0.3 is 5.97 Å². The number of benzene rings is 4. The molecule has 0 spiro atoms. The molecule has 2 N–H and O–H groups in total. The van der Waals surface area contributed by atoms with Gasteiger partial charge in [0.25, 0.3) is 10.0 Å². The first-order valence-electron chi connectivity index (χ1n) is 13.1. The van der Waals surface area contributed by atoms with Crippen LogP contribution < -0.4 is 19.1 Å². The fraction of sp³-hybridized carbons (Fsp3) is 0.161. The maximum Gasteiger partial charge on any atom is 0.335 e. The molecule has 9 nitrogen and oxygen atoms in total. The minimum absolute atomic E-state index is 0.0554. The second-order valence-electron chi connectivity index (χ2n) is 9.63. The van der Waals surface area contributed by atoms with Gasteiger partial charge in [-0.15, -0.1) is 0 Å². The first kappa shape index (κ1) is 29.5. The van der Waals surface area contributed by atoms with Crippen molar-refractivity contribution in [2.75, 3.05) is 24.6 Å². The highest BCUT2D eigenvalue weighted by molar-refractivity contribution is 7.93. The van der Waals surface area contributed by atoms with E-state index >= 15 is 0 Å². The summed E-state index contributed by atoms with van der Waals surface area (Å²) in [4.78, 5) is 24.2. The molecule has 4 aromatic carbocycles. The van der Waals surface area contributed by atoms with Gasteiger partial charge in [0.05, 0.1) is 29.8 Å². The number of nitrogens with zero attached hydrogens (tertiary/aromatic N) is 1. The fourth-order valence-electron chi connectivity index (χ4n) is 4.82. The van der Waals surface area contributed by atoms with Crippen molar-refractivity contribution in [3.63, 3.8) is 0 Å². The highest BCUT2D eigenvalue weighted by atomic mass is 32.2. The van der Waals surface area contributed by atoms with Gasteiger partial charge in [-0.3, -0.25) is 9.10 Å². The number of amides is 1. The van der Waals surface area contributed by atoms with Crippen molar-refractivity contribution in [2.45, 2.75) is 17.4 Å². The molecule has 4 aromatic rings. The van der Waals surface area contributed by atoms with Gasteiger partial charge in [0.1, 0.15) is 35.8 Å². The highest BCUT2D eigenvalue weighted by Crippen LogP contribution is 2.39. The van der Waals surface area contributed by atoms with Crippen LogP contribution in [-0.4, -0.2) is 51.7 Å². The molecule has 1 amide bonds. The van der Waals surface area contributed by atoms with Crippen molar-refractivity contribution >= 4 is 27.6 Å². The standard InChI is InChI=1S/C31H26F2N2O7S/c1-41-24-9-13-28-21(16-24)17-29(30(36)34-14-15-42-23-7-2-20(3-8-23)31(37)38)35(28)43(39,40)25-10-4-19(5-11-25)26-12-6-22(32)18-27(26)33/h2-13,16,18,29H,14-15,17H2,1H3,(H,34,36)(H,37,38). The molecule has 222 valence electrons. The van der Waals surface area contributed by atoms with E-state index < -0.39 is 39.6 Å². The van der Waals surface area contributed by atoms with E-state index in [-0.39, 0.29) is 35.6 Å². The molecule has 0 fully saturated rings. The zero-order chi connectivity index (χ0) is 30.7. The first-order chi connectivity index (χ1) is 20.6. The third-order valence-electron chi connectivity index (χ3n) is 6.95. The van der Waals surface area contributed by atoms with Crippen molar-refractivity contribution in [3.8, 4) is 22.6 Å². The summed E-state index contributed by atoms with van der Waals surface area (Å²) in [6.07, 6.45) is 0.0912. The number of hydrogen-bond donors (Lipinski definition) is 2. The maximum atomic E-state index is 14.3. The molecule has 0 saturated heterocycles. The van der Waals surface area contributed by atoms with Gasteiger partial charge in [-0.2, -0.15) is 0 Å². The minimum atomic E-state index is -4.27. The third-order valence-corrected chi connectivity index (χ3v) is 8.78.